The predicted octanol–water partition coefficient (Wildman–Crippen LogP) is 4.65. The van der Waals surface area contributed by atoms with Gasteiger partial charge in [-0.3, -0.25) is 4.98 Å². The van der Waals surface area contributed by atoms with Crippen molar-refractivity contribution in [2.75, 3.05) is 0 Å². The Morgan fingerprint density at radius 3 is 2.00 bits per heavy atom. The third-order valence-electron chi connectivity index (χ3n) is 2.93. The van der Waals surface area contributed by atoms with Crippen molar-refractivity contribution in [3.05, 3.63) is 53.9 Å². The smallest absolute Gasteiger partial charge is 0.0373 e. The normalized spacial score (nSPS) is 11.6. The number of aryl methyl sites for hydroxylation is 1. The molecule has 0 aliphatic heterocycles. The molecule has 18 heavy (non-hydrogen) atoms. The van der Waals surface area contributed by atoms with E-state index in [0.29, 0.717) is 5.41 Å². The largest absolute Gasteiger partial charge is 0.261 e. The number of rotatable bonds is 2. The van der Waals surface area contributed by atoms with E-state index in [9.17, 15) is 0 Å². The van der Waals surface area contributed by atoms with Crippen LogP contribution in [-0.2, 0) is 6.42 Å². The zero-order chi connectivity index (χ0) is 13.2. The number of aromatic nitrogens is 1. The summed E-state index contributed by atoms with van der Waals surface area (Å²) in [5.41, 5.74) is 5.21. The summed E-state index contributed by atoms with van der Waals surface area (Å²) in [5.74, 6) is 0. The molecule has 94 valence electrons. The van der Waals surface area contributed by atoms with Crippen LogP contribution in [0.1, 0.15) is 32.0 Å². The van der Waals surface area contributed by atoms with Gasteiger partial charge < -0.3 is 0 Å². The molecule has 0 saturated heterocycles. The van der Waals surface area contributed by atoms with E-state index in [2.05, 4.69) is 62.2 Å². The molecule has 0 fully saturated rings. The number of nitrogens with zero attached hydrogens (tertiary/aromatic N) is 1. The number of benzene rings is 1. The topological polar surface area (TPSA) is 12.9 Å². The van der Waals surface area contributed by atoms with Crippen LogP contribution >= 0.6 is 0 Å². The van der Waals surface area contributed by atoms with E-state index >= 15 is 0 Å². The molecule has 2 aromatic rings. The van der Waals surface area contributed by atoms with Gasteiger partial charge in [-0.2, -0.15) is 0 Å². The first kappa shape index (κ1) is 12.8. The van der Waals surface area contributed by atoms with Crippen molar-refractivity contribution in [3.8, 4) is 11.1 Å². The molecule has 0 radical (unpaired) electrons. The molecule has 0 amide bonds. The van der Waals surface area contributed by atoms with Crippen molar-refractivity contribution >= 4 is 0 Å². The fourth-order valence-electron chi connectivity index (χ4n) is 2.07. The lowest BCUT2D eigenvalue weighted by molar-refractivity contribution is 0.411. The Morgan fingerprint density at radius 2 is 1.50 bits per heavy atom. The van der Waals surface area contributed by atoms with Gasteiger partial charge in [-0.25, -0.2) is 0 Å². The van der Waals surface area contributed by atoms with E-state index in [1.165, 1.54) is 16.7 Å². The standard InChI is InChI=1S/C17H21N/c1-13-5-8-16(12-18-13)15-9-6-14(7-10-15)11-17(2,3)4/h5-10,12H,11H2,1-4H3. The lowest BCUT2D eigenvalue weighted by atomic mass is 9.88. The zero-order valence-electron chi connectivity index (χ0n) is 11.7. The third kappa shape index (κ3) is 3.43. The highest BCUT2D eigenvalue weighted by Gasteiger charge is 2.10. The molecule has 0 unspecified atom stereocenters. The van der Waals surface area contributed by atoms with Crippen LogP contribution in [0.3, 0.4) is 0 Å². The van der Waals surface area contributed by atoms with E-state index in [1.807, 2.05) is 13.1 Å². The maximum absolute atomic E-state index is 4.34. The molecule has 0 spiro atoms. The van der Waals surface area contributed by atoms with Crippen molar-refractivity contribution in [3.63, 3.8) is 0 Å². The minimum atomic E-state index is 0.340. The average molecular weight is 239 g/mol. The summed E-state index contributed by atoms with van der Waals surface area (Å²) < 4.78 is 0. The monoisotopic (exact) mass is 239 g/mol. The average Bonchev–Trinajstić information content (AvgIpc) is 2.29. The van der Waals surface area contributed by atoms with Gasteiger partial charge in [-0.15, -0.1) is 0 Å². The van der Waals surface area contributed by atoms with Gasteiger partial charge >= 0.3 is 0 Å². The van der Waals surface area contributed by atoms with E-state index in [4.69, 9.17) is 0 Å². The fourth-order valence-corrected chi connectivity index (χ4v) is 2.07. The Labute approximate surface area is 110 Å². The highest BCUT2D eigenvalue weighted by Crippen LogP contribution is 2.23. The molecule has 0 N–H and O–H groups in total. The Balaban J connectivity index is 2.20. The van der Waals surface area contributed by atoms with Gasteiger partial charge in [-0.1, -0.05) is 51.1 Å². The van der Waals surface area contributed by atoms with Crippen molar-refractivity contribution in [1.29, 1.82) is 0 Å². The zero-order valence-corrected chi connectivity index (χ0v) is 11.7. The summed E-state index contributed by atoms with van der Waals surface area (Å²) in [6.45, 7) is 8.82. The lowest BCUT2D eigenvalue weighted by Crippen LogP contribution is -2.08. The molecule has 1 heteroatoms. The Morgan fingerprint density at radius 1 is 0.889 bits per heavy atom. The highest BCUT2D eigenvalue weighted by molar-refractivity contribution is 5.62. The Hall–Kier alpha value is -1.63. The molecule has 1 heterocycles. The molecule has 0 bridgehead atoms. The third-order valence-corrected chi connectivity index (χ3v) is 2.93. The molecule has 1 aromatic heterocycles. The quantitative estimate of drug-likeness (QED) is 0.743. The van der Waals surface area contributed by atoms with E-state index in [1.54, 1.807) is 0 Å². The van der Waals surface area contributed by atoms with Crippen LogP contribution in [0.25, 0.3) is 11.1 Å². The second kappa shape index (κ2) is 4.93. The molecule has 2 rings (SSSR count). The van der Waals surface area contributed by atoms with Crippen LogP contribution in [0.15, 0.2) is 42.6 Å². The van der Waals surface area contributed by atoms with Gasteiger partial charge in [-0.05, 0) is 36.0 Å². The Kier molecular flexibility index (Phi) is 3.51. The first-order valence-electron chi connectivity index (χ1n) is 6.46. The van der Waals surface area contributed by atoms with Gasteiger partial charge in [0, 0.05) is 17.5 Å². The summed E-state index contributed by atoms with van der Waals surface area (Å²) >= 11 is 0. The fraction of sp³-hybridized carbons (Fsp3) is 0.353. The first-order chi connectivity index (χ1) is 8.44. The van der Waals surface area contributed by atoms with Crippen LogP contribution < -0.4 is 0 Å². The SMILES string of the molecule is Cc1ccc(-c2ccc(CC(C)(C)C)cc2)cn1. The van der Waals surface area contributed by atoms with Crippen LogP contribution in [0.4, 0.5) is 0 Å². The summed E-state index contributed by atoms with van der Waals surface area (Å²) in [4.78, 5) is 4.34. The molecule has 0 aliphatic rings. The minimum Gasteiger partial charge on any atom is -0.261 e. The van der Waals surface area contributed by atoms with Crippen molar-refractivity contribution < 1.29 is 0 Å². The van der Waals surface area contributed by atoms with Gasteiger partial charge in [0.2, 0.25) is 0 Å². The maximum atomic E-state index is 4.34. The highest BCUT2D eigenvalue weighted by atomic mass is 14.7. The summed E-state index contributed by atoms with van der Waals surface area (Å²) in [5, 5.41) is 0. The van der Waals surface area contributed by atoms with E-state index in [-0.39, 0.29) is 0 Å². The molecule has 1 nitrogen and oxygen atoms in total. The number of hydrogen-bond donors (Lipinski definition) is 0. The van der Waals surface area contributed by atoms with Crippen LogP contribution in [0.5, 0.6) is 0 Å². The van der Waals surface area contributed by atoms with Crippen LogP contribution in [0, 0.1) is 12.3 Å². The summed E-state index contributed by atoms with van der Waals surface area (Å²) in [7, 11) is 0. The van der Waals surface area contributed by atoms with E-state index < -0.39 is 0 Å². The lowest BCUT2D eigenvalue weighted by Gasteiger charge is -2.18. The van der Waals surface area contributed by atoms with Gasteiger partial charge in [0.25, 0.3) is 0 Å². The van der Waals surface area contributed by atoms with Crippen LogP contribution in [0.2, 0.25) is 0 Å². The van der Waals surface area contributed by atoms with Crippen molar-refractivity contribution in [2.45, 2.75) is 34.1 Å². The van der Waals surface area contributed by atoms with Crippen LogP contribution in [-0.4, -0.2) is 4.98 Å². The number of pyridine rings is 1. The second-order valence-electron chi connectivity index (χ2n) is 6.12. The second-order valence-corrected chi connectivity index (χ2v) is 6.12. The number of hydrogen-bond acceptors (Lipinski definition) is 1. The van der Waals surface area contributed by atoms with Gasteiger partial charge in [0.1, 0.15) is 0 Å². The summed E-state index contributed by atoms with van der Waals surface area (Å²) in [6.07, 6.45) is 3.05. The van der Waals surface area contributed by atoms with Gasteiger partial charge in [0.15, 0.2) is 0 Å². The molecule has 0 atom stereocenters. The van der Waals surface area contributed by atoms with Gasteiger partial charge in [0.05, 0.1) is 0 Å². The molecule has 0 aliphatic carbocycles. The minimum absolute atomic E-state index is 0.340. The first-order valence-corrected chi connectivity index (χ1v) is 6.46. The molecular weight excluding hydrogens is 218 g/mol. The molecule has 1 aromatic carbocycles. The summed E-state index contributed by atoms with van der Waals surface area (Å²) in [6, 6.07) is 13.0. The van der Waals surface area contributed by atoms with Crippen molar-refractivity contribution in [1.82, 2.24) is 4.98 Å². The maximum Gasteiger partial charge on any atom is 0.0373 e. The Bertz CT molecular complexity index is 501. The molecular formula is C17H21N. The predicted molar refractivity (Wildman–Crippen MR) is 77.6 cm³/mol. The van der Waals surface area contributed by atoms with E-state index in [0.717, 1.165) is 12.1 Å². The molecule has 0 saturated carbocycles. The van der Waals surface area contributed by atoms with Crippen molar-refractivity contribution in [2.24, 2.45) is 5.41 Å².